The average molecular weight is 190 g/mol. The molecule has 0 atom stereocenters. The van der Waals surface area contributed by atoms with Gasteiger partial charge in [0, 0.05) is 0 Å². The summed E-state index contributed by atoms with van der Waals surface area (Å²) < 4.78 is 0. The maximum absolute atomic E-state index is 3.63. The van der Waals surface area contributed by atoms with Crippen LogP contribution >= 0.6 is 0 Å². The van der Waals surface area contributed by atoms with E-state index < -0.39 is 0 Å². The van der Waals surface area contributed by atoms with Crippen molar-refractivity contribution < 1.29 is 0 Å². The summed E-state index contributed by atoms with van der Waals surface area (Å²) in [5.74, 6) is 0. The van der Waals surface area contributed by atoms with Crippen LogP contribution < -0.4 is 0 Å². The van der Waals surface area contributed by atoms with E-state index >= 15 is 0 Å². The van der Waals surface area contributed by atoms with Gasteiger partial charge in [-0.15, -0.1) is 0 Å². The van der Waals surface area contributed by atoms with Crippen LogP contribution in [0.1, 0.15) is 40.0 Å². The van der Waals surface area contributed by atoms with Gasteiger partial charge >= 0.3 is 0 Å². The molecule has 0 rings (SSSR count). The van der Waals surface area contributed by atoms with Gasteiger partial charge in [-0.05, 0) is 40.0 Å². The van der Waals surface area contributed by atoms with Gasteiger partial charge in [-0.2, -0.15) is 0 Å². The van der Waals surface area contributed by atoms with Crippen LogP contribution in [0, 0.1) is 0 Å². The van der Waals surface area contributed by atoms with Crippen LogP contribution in [-0.4, -0.2) is 0 Å². The third-order valence-electron chi connectivity index (χ3n) is 1.97. The summed E-state index contributed by atoms with van der Waals surface area (Å²) in [6.45, 7) is 10.1. The van der Waals surface area contributed by atoms with Crippen molar-refractivity contribution >= 4 is 0 Å². The van der Waals surface area contributed by atoms with Gasteiger partial charge < -0.3 is 0 Å². The molecule has 0 unspecified atom stereocenters. The van der Waals surface area contributed by atoms with Crippen molar-refractivity contribution in [1.82, 2.24) is 0 Å². The summed E-state index contributed by atoms with van der Waals surface area (Å²) in [5.41, 5.74) is 2.88. The zero-order valence-corrected chi connectivity index (χ0v) is 9.72. The zero-order chi connectivity index (χ0) is 10.8. The molecule has 0 heteroatoms. The van der Waals surface area contributed by atoms with Crippen LogP contribution in [-0.2, 0) is 0 Å². The summed E-state index contributed by atoms with van der Waals surface area (Å²) in [4.78, 5) is 0. The first-order valence-electron chi connectivity index (χ1n) is 5.23. The highest BCUT2D eigenvalue weighted by atomic mass is 13.9. The Morgan fingerprint density at radius 3 is 2.43 bits per heavy atom. The minimum absolute atomic E-state index is 1.02. The van der Waals surface area contributed by atoms with Gasteiger partial charge in [0.25, 0.3) is 0 Å². The van der Waals surface area contributed by atoms with Crippen molar-refractivity contribution in [3.8, 4) is 0 Å². The molecule has 0 heterocycles. The predicted molar refractivity (Wildman–Crippen MR) is 66.4 cm³/mol. The number of hydrogen-bond acceptors (Lipinski definition) is 0. The van der Waals surface area contributed by atoms with Crippen LogP contribution in [0.25, 0.3) is 0 Å². The molecule has 0 radical (unpaired) electrons. The normalized spacial score (nSPS) is 11.8. The fraction of sp³-hybridized carbons (Fsp3) is 0.429. The van der Waals surface area contributed by atoms with E-state index in [4.69, 9.17) is 0 Å². The van der Waals surface area contributed by atoms with E-state index in [2.05, 4.69) is 45.6 Å². The topological polar surface area (TPSA) is 0 Å². The first kappa shape index (κ1) is 13.0. The number of rotatable bonds is 6. The maximum Gasteiger partial charge on any atom is -0.0163 e. The Bertz CT molecular complexity index is 235. The van der Waals surface area contributed by atoms with Gasteiger partial charge in [-0.25, -0.2) is 0 Å². The van der Waals surface area contributed by atoms with Gasteiger partial charge in [-0.3, -0.25) is 0 Å². The standard InChI is InChI=1S/C14H22/c1-5-6-7-8-11-14(4)12-9-10-13(2)3/h5-7,10-11H,1,8-9,12H2,2-4H3. The van der Waals surface area contributed by atoms with Crippen molar-refractivity contribution in [2.75, 3.05) is 0 Å². The molecule has 0 aromatic rings. The number of hydrogen-bond donors (Lipinski definition) is 0. The second kappa shape index (κ2) is 8.55. The van der Waals surface area contributed by atoms with E-state index in [1.807, 2.05) is 12.2 Å². The lowest BCUT2D eigenvalue weighted by Gasteiger charge is -1.97. The molecular formula is C14H22. The summed E-state index contributed by atoms with van der Waals surface area (Å²) in [6.07, 6.45) is 13.8. The molecule has 0 saturated carbocycles. The van der Waals surface area contributed by atoms with Crippen molar-refractivity contribution in [3.05, 3.63) is 48.1 Å². The SMILES string of the molecule is C=CC=CCC=C(C)CCC=C(C)C. The summed E-state index contributed by atoms with van der Waals surface area (Å²) >= 11 is 0. The molecule has 0 aliphatic carbocycles. The molecule has 0 nitrogen and oxygen atoms in total. The molecule has 0 aromatic carbocycles. The van der Waals surface area contributed by atoms with E-state index in [0.29, 0.717) is 0 Å². The quantitative estimate of drug-likeness (QED) is 0.416. The highest BCUT2D eigenvalue weighted by Gasteiger charge is 1.87. The van der Waals surface area contributed by atoms with Gasteiger partial charge in [0.15, 0.2) is 0 Å². The lowest BCUT2D eigenvalue weighted by atomic mass is 10.1. The van der Waals surface area contributed by atoms with Gasteiger partial charge in [0.2, 0.25) is 0 Å². The Balaban J connectivity index is 3.72. The molecule has 14 heavy (non-hydrogen) atoms. The Labute approximate surface area is 88.7 Å². The molecule has 0 aromatic heterocycles. The van der Waals surface area contributed by atoms with E-state index in [0.717, 1.165) is 12.8 Å². The molecule has 0 N–H and O–H groups in total. The molecule has 0 saturated heterocycles. The second-order valence-electron chi connectivity index (χ2n) is 3.77. The van der Waals surface area contributed by atoms with Crippen molar-refractivity contribution in [2.24, 2.45) is 0 Å². The molecular weight excluding hydrogens is 168 g/mol. The van der Waals surface area contributed by atoms with Gasteiger partial charge in [0.05, 0.1) is 0 Å². The second-order valence-corrected chi connectivity index (χ2v) is 3.77. The first-order chi connectivity index (χ1) is 6.66. The lowest BCUT2D eigenvalue weighted by molar-refractivity contribution is 0.958. The van der Waals surface area contributed by atoms with Crippen molar-refractivity contribution in [3.63, 3.8) is 0 Å². The summed E-state index contributed by atoms with van der Waals surface area (Å²) in [6, 6.07) is 0. The summed E-state index contributed by atoms with van der Waals surface area (Å²) in [7, 11) is 0. The maximum atomic E-state index is 3.63. The van der Waals surface area contributed by atoms with Crippen LogP contribution in [0.15, 0.2) is 48.1 Å². The van der Waals surface area contributed by atoms with Crippen LogP contribution in [0.5, 0.6) is 0 Å². The van der Waals surface area contributed by atoms with Gasteiger partial charge in [0.1, 0.15) is 0 Å². The highest BCUT2D eigenvalue weighted by Crippen LogP contribution is 2.07. The summed E-state index contributed by atoms with van der Waals surface area (Å²) in [5, 5.41) is 0. The van der Waals surface area contributed by atoms with Crippen LogP contribution in [0.2, 0.25) is 0 Å². The van der Waals surface area contributed by atoms with Gasteiger partial charge in [-0.1, -0.05) is 48.1 Å². The van der Waals surface area contributed by atoms with Crippen molar-refractivity contribution in [1.29, 1.82) is 0 Å². The first-order valence-corrected chi connectivity index (χ1v) is 5.23. The average Bonchev–Trinajstić information content (AvgIpc) is 2.12. The smallest absolute Gasteiger partial charge is 0.0163 e. The molecule has 78 valence electrons. The largest absolute Gasteiger partial charge is 0.0991 e. The molecule has 0 fully saturated rings. The van der Waals surface area contributed by atoms with Crippen LogP contribution in [0.3, 0.4) is 0 Å². The third kappa shape index (κ3) is 9.05. The van der Waals surface area contributed by atoms with E-state index in [1.54, 1.807) is 0 Å². The Kier molecular flexibility index (Phi) is 7.92. The van der Waals surface area contributed by atoms with E-state index in [9.17, 15) is 0 Å². The predicted octanol–water partition coefficient (Wildman–Crippen LogP) is 4.81. The Hall–Kier alpha value is -1.04. The molecule has 0 amide bonds. The molecule has 0 spiro atoms. The molecule has 0 aliphatic rings. The van der Waals surface area contributed by atoms with Crippen LogP contribution in [0.4, 0.5) is 0 Å². The zero-order valence-electron chi connectivity index (χ0n) is 9.72. The Morgan fingerprint density at radius 2 is 1.86 bits per heavy atom. The minimum Gasteiger partial charge on any atom is -0.0991 e. The van der Waals surface area contributed by atoms with Crippen molar-refractivity contribution in [2.45, 2.75) is 40.0 Å². The molecule has 0 aliphatic heterocycles. The fourth-order valence-electron chi connectivity index (χ4n) is 1.13. The molecule has 0 bridgehead atoms. The lowest BCUT2D eigenvalue weighted by Crippen LogP contribution is -1.76. The van der Waals surface area contributed by atoms with E-state index in [1.165, 1.54) is 17.6 Å². The fourth-order valence-corrected chi connectivity index (χ4v) is 1.13. The number of allylic oxidation sites excluding steroid dienone is 7. The Morgan fingerprint density at radius 1 is 1.14 bits per heavy atom. The highest BCUT2D eigenvalue weighted by molar-refractivity contribution is 5.06. The monoisotopic (exact) mass is 190 g/mol. The van der Waals surface area contributed by atoms with E-state index in [-0.39, 0.29) is 0 Å². The third-order valence-corrected chi connectivity index (χ3v) is 1.97. The minimum atomic E-state index is 1.02.